The van der Waals surface area contributed by atoms with Crippen LogP contribution < -0.4 is 5.32 Å². The van der Waals surface area contributed by atoms with Gasteiger partial charge in [-0.2, -0.15) is 0 Å². The number of ether oxygens (including phenoxy) is 4. The van der Waals surface area contributed by atoms with Gasteiger partial charge in [-0.1, -0.05) is 57.8 Å². The smallest absolute Gasteiger partial charge is 0.408 e. The summed E-state index contributed by atoms with van der Waals surface area (Å²) in [5, 5.41) is 2.66. The van der Waals surface area contributed by atoms with Gasteiger partial charge in [0.25, 0.3) is 0 Å². The van der Waals surface area contributed by atoms with E-state index in [1.807, 2.05) is 0 Å². The predicted molar refractivity (Wildman–Crippen MR) is 117 cm³/mol. The molecule has 1 aliphatic carbocycles. The van der Waals surface area contributed by atoms with Crippen molar-refractivity contribution in [1.29, 1.82) is 0 Å². The van der Waals surface area contributed by atoms with E-state index in [0.29, 0.717) is 6.54 Å². The quantitative estimate of drug-likeness (QED) is 0.238. The van der Waals surface area contributed by atoms with Gasteiger partial charge in [0.05, 0.1) is 0 Å². The summed E-state index contributed by atoms with van der Waals surface area (Å²) in [4.78, 5) is 46.1. The second kappa shape index (κ2) is 15.5. The molecule has 184 valence electrons. The van der Waals surface area contributed by atoms with Crippen LogP contribution in [0.5, 0.6) is 0 Å². The zero-order valence-corrected chi connectivity index (χ0v) is 19.7. The van der Waals surface area contributed by atoms with Crippen molar-refractivity contribution < 1.29 is 38.1 Å². The molecule has 1 rings (SSSR count). The Morgan fingerprint density at radius 3 is 1.75 bits per heavy atom. The average Bonchev–Trinajstić information content (AvgIpc) is 2.74. The maximum Gasteiger partial charge on any atom is 0.408 e. The Kier molecular flexibility index (Phi) is 13.4. The van der Waals surface area contributed by atoms with Gasteiger partial charge in [0.2, 0.25) is 5.60 Å². The van der Waals surface area contributed by atoms with Gasteiger partial charge in [-0.25, -0.2) is 4.79 Å². The number of esters is 3. The van der Waals surface area contributed by atoms with E-state index in [1.54, 1.807) is 0 Å². The summed E-state index contributed by atoms with van der Waals surface area (Å²) in [6.45, 7) is 2.74. The molecule has 9 nitrogen and oxygen atoms in total. The monoisotopic (exact) mass is 457 g/mol. The van der Waals surface area contributed by atoms with Crippen molar-refractivity contribution >= 4 is 24.0 Å². The maximum absolute atomic E-state index is 12.3. The third kappa shape index (κ3) is 13.2. The summed E-state index contributed by atoms with van der Waals surface area (Å²) < 4.78 is 20.3. The summed E-state index contributed by atoms with van der Waals surface area (Å²) in [6.07, 6.45) is 11.5. The molecule has 0 spiro atoms. The molecule has 0 aliphatic heterocycles. The second-order valence-electron chi connectivity index (χ2n) is 8.55. The molecule has 1 N–H and O–H groups in total. The van der Waals surface area contributed by atoms with Crippen molar-refractivity contribution in [2.24, 2.45) is 5.92 Å². The number of hydrogen-bond acceptors (Lipinski definition) is 8. The number of alkyl carbamates (subject to hydrolysis) is 1. The lowest BCUT2D eigenvalue weighted by atomic mass is 9.85. The fourth-order valence-corrected chi connectivity index (χ4v) is 3.72. The molecule has 0 aromatic rings. The van der Waals surface area contributed by atoms with E-state index in [-0.39, 0.29) is 0 Å². The molecular formula is C23H39NO8. The molecule has 0 aromatic carbocycles. The van der Waals surface area contributed by atoms with Crippen LogP contribution in [0.25, 0.3) is 0 Å². The second-order valence-corrected chi connectivity index (χ2v) is 8.55. The SMILES string of the molecule is CC(=O)OCC(COC(C)=O)(COC(C)=O)OC(=O)NCCCCCCC1CCCCC1. The first-order valence-corrected chi connectivity index (χ1v) is 11.6. The first-order valence-electron chi connectivity index (χ1n) is 11.6. The largest absolute Gasteiger partial charge is 0.461 e. The molecular weight excluding hydrogens is 418 g/mol. The number of carbonyl (C=O) groups is 4. The Hall–Kier alpha value is -2.32. The highest BCUT2D eigenvalue weighted by atomic mass is 16.6. The molecule has 0 radical (unpaired) electrons. The molecule has 0 unspecified atom stereocenters. The summed E-state index contributed by atoms with van der Waals surface area (Å²) >= 11 is 0. The van der Waals surface area contributed by atoms with E-state index in [2.05, 4.69) is 5.32 Å². The molecule has 1 saturated carbocycles. The normalized spacial score (nSPS) is 14.3. The number of rotatable bonds is 14. The van der Waals surface area contributed by atoms with Crippen LogP contribution >= 0.6 is 0 Å². The van der Waals surface area contributed by atoms with E-state index < -0.39 is 49.4 Å². The predicted octanol–water partition coefficient (Wildman–Crippen LogP) is 3.67. The van der Waals surface area contributed by atoms with Crippen LogP contribution in [0.15, 0.2) is 0 Å². The van der Waals surface area contributed by atoms with E-state index >= 15 is 0 Å². The molecule has 9 heteroatoms. The van der Waals surface area contributed by atoms with Crippen LogP contribution in [0.1, 0.15) is 85.0 Å². The molecule has 0 heterocycles. The highest BCUT2D eigenvalue weighted by Crippen LogP contribution is 2.28. The van der Waals surface area contributed by atoms with Gasteiger partial charge in [0.1, 0.15) is 19.8 Å². The van der Waals surface area contributed by atoms with Crippen molar-refractivity contribution in [1.82, 2.24) is 5.32 Å². The average molecular weight is 458 g/mol. The van der Waals surface area contributed by atoms with Crippen molar-refractivity contribution in [3.8, 4) is 0 Å². The highest BCUT2D eigenvalue weighted by Gasteiger charge is 2.39. The maximum atomic E-state index is 12.3. The number of amides is 1. The number of nitrogens with one attached hydrogen (secondary N) is 1. The Morgan fingerprint density at radius 2 is 1.25 bits per heavy atom. The molecule has 1 aliphatic rings. The summed E-state index contributed by atoms with van der Waals surface area (Å²) in [7, 11) is 0. The van der Waals surface area contributed by atoms with Gasteiger partial charge in [-0.05, 0) is 12.3 Å². The minimum atomic E-state index is -1.63. The summed E-state index contributed by atoms with van der Waals surface area (Å²) in [5.41, 5.74) is -1.63. The van der Waals surface area contributed by atoms with E-state index in [1.165, 1.54) is 65.7 Å². The zero-order valence-electron chi connectivity index (χ0n) is 19.7. The Morgan fingerprint density at radius 1 is 0.750 bits per heavy atom. The van der Waals surface area contributed by atoms with Crippen LogP contribution in [-0.2, 0) is 33.3 Å². The number of unbranched alkanes of at least 4 members (excludes halogenated alkanes) is 3. The van der Waals surface area contributed by atoms with Gasteiger partial charge in [0, 0.05) is 27.3 Å². The van der Waals surface area contributed by atoms with Crippen LogP contribution in [0.2, 0.25) is 0 Å². The van der Waals surface area contributed by atoms with E-state index in [9.17, 15) is 19.2 Å². The summed E-state index contributed by atoms with van der Waals surface area (Å²) in [6, 6.07) is 0. The van der Waals surface area contributed by atoms with Crippen LogP contribution in [0, 0.1) is 5.92 Å². The third-order valence-electron chi connectivity index (χ3n) is 5.46. The minimum Gasteiger partial charge on any atom is -0.461 e. The Balaban J connectivity index is 2.43. The number of carbonyl (C=O) groups excluding carboxylic acids is 4. The zero-order chi connectivity index (χ0) is 23.8. The summed E-state index contributed by atoms with van der Waals surface area (Å²) in [5.74, 6) is -0.955. The van der Waals surface area contributed by atoms with Crippen molar-refractivity contribution in [2.75, 3.05) is 26.4 Å². The Bertz CT molecular complexity index is 555. The number of hydrogen-bond donors (Lipinski definition) is 1. The molecule has 32 heavy (non-hydrogen) atoms. The lowest BCUT2D eigenvalue weighted by Crippen LogP contribution is -2.51. The molecule has 0 saturated heterocycles. The van der Waals surface area contributed by atoms with Gasteiger partial charge in [0.15, 0.2) is 0 Å². The fraction of sp³-hybridized carbons (Fsp3) is 0.826. The van der Waals surface area contributed by atoms with Gasteiger partial charge in [-0.3, -0.25) is 14.4 Å². The topological polar surface area (TPSA) is 117 Å². The first-order chi connectivity index (χ1) is 15.2. The Labute approximate surface area is 190 Å². The lowest BCUT2D eigenvalue weighted by molar-refractivity contribution is -0.172. The van der Waals surface area contributed by atoms with Crippen molar-refractivity contribution in [3.05, 3.63) is 0 Å². The molecule has 0 atom stereocenters. The van der Waals surface area contributed by atoms with Gasteiger partial charge in [-0.15, -0.1) is 0 Å². The fourth-order valence-electron chi connectivity index (χ4n) is 3.72. The van der Waals surface area contributed by atoms with Crippen molar-refractivity contribution in [2.45, 2.75) is 90.6 Å². The van der Waals surface area contributed by atoms with Gasteiger partial charge < -0.3 is 24.3 Å². The van der Waals surface area contributed by atoms with E-state index in [0.717, 1.165) is 25.2 Å². The van der Waals surface area contributed by atoms with E-state index in [4.69, 9.17) is 18.9 Å². The van der Waals surface area contributed by atoms with Crippen molar-refractivity contribution in [3.63, 3.8) is 0 Å². The van der Waals surface area contributed by atoms with Gasteiger partial charge >= 0.3 is 24.0 Å². The van der Waals surface area contributed by atoms with Crippen LogP contribution in [0.3, 0.4) is 0 Å². The molecule has 0 aromatic heterocycles. The third-order valence-corrected chi connectivity index (χ3v) is 5.46. The van der Waals surface area contributed by atoms with Crippen LogP contribution in [-0.4, -0.2) is 56.0 Å². The highest BCUT2D eigenvalue weighted by molar-refractivity contribution is 5.69. The minimum absolute atomic E-state index is 0.419. The standard InChI is InChI=1S/C23H39NO8/c1-18(25)29-15-23(16-30-19(2)26,17-31-20(3)27)32-22(28)24-14-10-5-4-7-11-21-12-8-6-9-13-21/h21H,4-17H2,1-3H3,(H,24,28). The molecule has 1 amide bonds. The van der Waals surface area contributed by atoms with Crippen LogP contribution in [0.4, 0.5) is 4.79 Å². The first kappa shape index (κ1) is 27.7. The lowest BCUT2D eigenvalue weighted by Gasteiger charge is -2.31. The molecule has 1 fully saturated rings. The molecule has 0 bridgehead atoms.